The first-order valence-corrected chi connectivity index (χ1v) is 18.3. The van der Waals surface area contributed by atoms with Gasteiger partial charge in [-0.15, -0.1) is 0 Å². The molecule has 0 fully saturated rings. The molecule has 1 nitrogen and oxygen atoms in total. The summed E-state index contributed by atoms with van der Waals surface area (Å²) in [6, 6.07) is 77.1. The summed E-state index contributed by atoms with van der Waals surface area (Å²) in [5, 5.41) is 10.2. The first-order chi connectivity index (χ1) is 26.3. The lowest BCUT2D eigenvalue weighted by molar-refractivity contribution is 1.29. The molecule has 10 aromatic rings. The molecule has 0 atom stereocenters. The molecule has 0 saturated carbocycles. The van der Waals surface area contributed by atoms with Crippen molar-refractivity contribution in [1.29, 1.82) is 0 Å². The van der Waals surface area contributed by atoms with Gasteiger partial charge in [0.15, 0.2) is 0 Å². The molecule has 0 amide bonds. The Hall–Kier alpha value is -6.96. The van der Waals surface area contributed by atoms with Crippen LogP contribution in [0.5, 0.6) is 0 Å². The largest absolute Gasteiger partial charge is 0.310 e. The molecule has 0 aromatic heterocycles. The Labute approximate surface area is 309 Å². The second-order valence-electron chi connectivity index (χ2n) is 13.8. The van der Waals surface area contributed by atoms with E-state index < -0.39 is 0 Å². The van der Waals surface area contributed by atoms with E-state index in [1.807, 2.05) is 0 Å². The molecule has 10 rings (SSSR count). The van der Waals surface area contributed by atoms with Gasteiger partial charge in [0.1, 0.15) is 0 Å². The number of hydrogen-bond donors (Lipinski definition) is 0. The molecule has 10 aromatic carbocycles. The summed E-state index contributed by atoms with van der Waals surface area (Å²) in [6.07, 6.45) is 0. The standard InChI is InChI=1S/C52H35N/c1-3-11-36(12-4-1)39-14-9-15-40(33-39)37-23-27-45(28-24-37)53(44-16-5-2-6-17-44)46-29-25-41-34-43(22-21-42(41)35-46)48-19-10-20-49-51(48)32-31-50-47-18-8-7-13-38(47)26-30-52(49)50/h1-35H. The Kier molecular flexibility index (Phi) is 7.55. The molecule has 0 radical (unpaired) electrons. The summed E-state index contributed by atoms with van der Waals surface area (Å²) >= 11 is 0. The van der Waals surface area contributed by atoms with Crippen LogP contribution in [0.3, 0.4) is 0 Å². The number of fused-ring (bicyclic) bond motifs is 6. The van der Waals surface area contributed by atoms with Gasteiger partial charge in [-0.1, -0.05) is 164 Å². The predicted molar refractivity (Wildman–Crippen MR) is 227 cm³/mol. The zero-order valence-corrected chi connectivity index (χ0v) is 29.2. The topological polar surface area (TPSA) is 3.24 Å². The quantitative estimate of drug-likeness (QED) is 0.159. The van der Waals surface area contributed by atoms with Crippen molar-refractivity contribution in [2.24, 2.45) is 0 Å². The summed E-state index contributed by atoms with van der Waals surface area (Å²) in [7, 11) is 0. The molecule has 0 bridgehead atoms. The summed E-state index contributed by atoms with van der Waals surface area (Å²) in [5.41, 5.74) is 10.7. The fourth-order valence-corrected chi connectivity index (χ4v) is 7.98. The van der Waals surface area contributed by atoms with Gasteiger partial charge in [0.05, 0.1) is 0 Å². The zero-order chi connectivity index (χ0) is 35.1. The third-order valence-corrected chi connectivity index (χ3v) is 10.6. The van der Waals surface area contributed by atoms with Gasteiger partial charge >= 0.3 is 0 Å². The van der Waals surface area contributed by atoms with Crippen LogP contribution in [0.25, 0.3) is 76.5 Å². The highest BCUT2D eigenvalue weighted by molar-refractivity contribution is 6.19. The van der Waals surface area contributed by atoms with Crippen LogP contribution in [-0.4, -0.2) is 0 Å². The van der Waals surface area contributed by atoms with Gasteiger partial charge < -0.3 is 4.90 Å². The minimum Gasteiger partial charge on any atom is -0.310 e. The van der Waals surface area contributed by atoms with E-state index in [0.29, 0.717) is 0 Å². The molecule has 248 valence electrons. The lowest BCUT2D eigenvalue weighted by atomic mass is 9.92. The van der Waals surface area contributed by atoms with E-state index in [9.17, 15) is 0 Å². The van der Waals surface area contributed by atoms with Gasteiger partial charge in [-0.2, -0.15) is 0 Å². The molecule has 0 N–H and O–H groups in total. The highest BCUT2D eigenvalue weighted by Crippen LogP contribution is 2.40. The number of anilines is 3. The van der Waals surface area contributed by atoms with Crippen LogP contribution < -0.4 is 4.90 Å². The molecule has 0 saturated heterocycles. The smallest absolute Gasteiger partial charge is 0.0468 e. The Morgan fingerprint density at radius 1 is 0.226 bits per heavy atom. The van der Waals surface area contributed by atoms with Crippen molar-refractivity contribution in [3.63, 3.8) is 0 Å². The highest BCUT2D eigenvalue weighted by Gasteiger charge is 2.15. The molecule has 1 heteroatoms. The number of hydrogen-bond acceptors (Lipinski definition) is 1. The van der Waals surface area contributed by atoms with Crippen molar-refractivity contribution >= 4 is 60.2 Å². The Balaban J connectivity index is 1.01. The van der Waals surface area contributed by atoms with E-state index in [-0.39, 0.29) is 0 Å². The molecule has 0 heterocycles. The van der Waals surface area contributed by atoms with Gasteiger partial charge in [0.2, 0.25) is 0 Å². The van der Waals surface area contributed by atoms with E-state index in [1.165, 1.54) is 76.5 Å². The summed E-state index contributed by atoms with van der Waals surface area (Å²) in [4.78, 5) is 2.34. The molecular formula is C52H35N. The van der Waals surface area contributed by atoms with Crippen molar-refractivity contribution in [3.8, 4) is 33.4 Å². The maximum Gasteiger partial charge on any atom is 0.0468 e. The van der Waals surface area contributed by atoms with Crippen molar-refractivity contribution in [3.05, 3.63) is 212 Å². The molecule has 0 unspecified atom stereocenters. The zero-order valence-electron chi connectivity index (χ0n) is 29.2. The predicted octanol–water partition coefficient (Wildman–Crippen LogP) is 14.8. The van der Waals surface area contributed by atoms with E-state index in [0.717, 1.165) is 17.1 Å². The Morgan fingerprint density at radius 2 is 0.736 bits per heavy atom. The van der Waals surface area contributed by atoms with Crippen molar-refractivity contribution in [2.75, 3.05) is 4.90 Å². The van der Waals surface area contributed by atoms with E-state index in [1.54, 1.807) is 0 Å². The van der Waals surface area contributed by atoms with E-state index in [4.69, 9.17) is 0 Å². The van der Waals surface area contributed by atoms with Crippen LogP contribution in [0.2, 0.25) is 0 Å². The number of rotatable bonds is 6. The van der Waals surface area contributed by atoms with Gasteiger partial charge in [-0.25, -0.2) is 0 Å². The van der Waals surface area contributed by atoms with Crippen molar-refractivity contribution < 1.29 is 0 Å². The maximum absolute atomic E-state index is 2.34. The second-order valence-corrected chi connectivity index (χ2v) is 13.8. The first kappa shape index (κ1) is 30.8. The van der Waals surface area contributed by atoms with Gasteiger partial charge in [-0.3, -0.25) is 0 Å². The molecule has 0 aliphatic rings. The summed E-state index contributed by atoms with van der Waals surface area (Å²) < 4.78 is 0. The summed E-state index contributed by atoms with van der Waals surface area (Å²) in [5.74, 6) is 0. The Morgan fingerprint density at radius 3 is 1.57 bits per heavy atom. The fourth-order valence-electron chi connectivity index (χ4n) is 7.98. The number of para-hydroxylation sites is 1. The first-order valence-electron chi connectivity index (χ1n) is 18.3. The van der Waals surface area contributed by atoms with Crippen molar-refractivity contribution in [2.45, 2.75) is 0 Å². The van der Waals surface area contributed by atoms with Crippen LogP contribution in [-0.2, 0) is 0 Å². The van der Waals surface area contributed by atoms with Crippen LogP contribution in [0.1, 0.15) is 0 Å². The van der Waals surface area contributed by atoms with Crippen LogP contribution in [0, 0.1) is 0 Å². The van der Waals surface area contributed by atoms with E-state index >= 15 is 0 Å². The van der Waals surface area contributed by atoms with Gasteiger partial charge in [0, 0.05) is 17.1 Å². The number of nitrogens with zero attached hydrogens (tertiary/aromatic N) is 1. The molecule has 53 heavy (non-hydrogen) atoms. The normalized spacial score (nSPS) is 11.4. The highest BCUT2D eigenvalue weighted by atomic mass is 15.1. The van der Waals surface area contributed by atoms with Crippen LogP contribution >= 0.6 is 0 Å². The average Bonchev–Trinajstić information content (AvgIpc) is 3.24. The molecule has 0 aliphatic carbocycles. The van der Waals surface area contributed by atoms with Crippen LogP contribution in [0.15, 0.2) is 212 Å². The fraction of sp³-hybridized carbons (Fsp3) is 0. The molecule has 0 aliphatic heterocycles. The van der Waals surface area contributed by atoms with Crippen molar-refractivity contribution in [1.82, 2.24) is 0 Å². The average molecular weight is 674 g/mol. The van der Waals surface area contributed by atoms with E-state index in [2.05, 4.69) is 217 Å². The molecule has 0 spiro atoms. The lowest BCUT2D eigenvalue weighted by Gasteiger charge is -2.26. The summed E-state index contributed by atoms with van der Waals surface area (Å²) in [6.45, 7) is 0. The minimum atomic E-state index is 1.12. The monoisotopic (exact) mass is 673 g/mol. The Bertz CT molecular complexity index is 2930. The third kappa shape index (κ3) is 5.60. The van der Waals surface area contributed by atoms with Gasteiger partial charge in [0.25, 0.3) is 0 Å². The second kappa shape index (κ2) is 13.0. The maximum atomic E-state index is 2.34. The number of benzene rings is 10. The minimum absolute atomic E-state index is 1.12. The van der Waals surface area contributed by atoms with Gasteiger partial charge in [-0.05, 0) is 125 Å². The third-order valence-electron chi connectivity index (χ3n) is 10.6. The molecular weight excluding hydrogens is 639 g/mol. The lowest BCUT2D eigenvalue weighted by Crippen LogP contribution is -2.09. The van der Waals surface area contributed by atoms with Crippen LogP contribution in [0.4, 0.5) is 17.1 Å². The SMILES string of the molecule is c1ccc(-c2cccc(-c3ccc(N(c4ccccc4)c4ccc5cc(-c6cccc7c6ccc6c8ccccc8ccc76)ccc5c4)cc3)c2)cc1.